The predicted octanol–water partition coefficient (Wildman–Crippen LogP) is 4.01. The monoisotopic (exact) mass is 305 g/mol. The molecular weight excluding hydrogens is 302 g/mol. The van der Waals surface area contributed by atoms with E-state index in [4.69, 9.17) is 5.73 Å². The van der Waals surface area contributed by atoms with E-state index in [-0.39, 0.29) is 0 Å². The Bertz CT molecular complexity index is 436. The van der Waals surface area contributed by atoms with Gasteiger partial charge < -0.3 is 5.73 Å². The molecule has 1 aromatic heterocycles. The van der Waals surface area contributed by atoms with Gasteiger partial charge in [0.2, 0.25) is 0 Å². The highest BCUT2D eigenvalue weighted by Crippen LogP contribution is 2.35. The Hall–Kier alpha value is -0.0600. The van der Waals surface area contributed by atoms with Gasteiger partial charge in [0, 0.05) is 8.95 Å². The van der Waals surface area contributed by atoms with Crippen LogP contribution in [0.5, 0.6) is 0 Å². The molecule has 4 heteroatoms. The number of nitrogen functional groups attached to an aromatic ring is 1. The van der Waals surface area contributed by atoms with Crippen molar-refractivity contribution in [3.63, 3.8) is 0 Å². The minimum absolute atomic E-state index is 0.851. The van der Waals surface area contributed by atoms with E-state index in [0.29, 0.717) is 0 Å². The smallest absolute Gasteiger partial charge is 0.0869 e. The molecule has 0 radical (unpaired) electrons. The maximum Gasteiger partial charge on any atom is 0.0869 e. The van der Waals surface area contributed by atoms with E-state index in [1.165, 1.54) is 10.1 Å². The van der Waals surface area contributed by atoms with E-state index in [1.54, 1.807) is 11.3 Å². The molecule has 2 aromatic rings. The van der Waals surface area contributed by atoms with Gasteiger partial charge in [0.05, 0.1) is 9.70 Å². The fourth-order valence-corrected chi connectivity index (χ4v) is 3.41. The minimum Gasteiger partial charge on any atom is -0.391 e. The fourth-order valence-electron chi connectivity index (χ4n) is 1.10. The predicted molar refractivity (Wildman–Crippen MR) is 61.6 cm³/mol. The highest BCUT2D eigenvalue weighted by Gasteiger charge is 2.03. The summed E-state index contributed by atoms with van der Waals surface area (Å²) in [4.78, 5) is 0. The lowest BCUT2D eigenvalue weighted by molar-refractivity contribution is 1.72. The molecule has 1 aromatic carbocycles. The molecule has 62 valence electrons. The zero-order valence-corrected chi connectivity index (χ0v) is 9.96. The van der Waals surface area contributed by atoms with Gasteiger partial charge in [-0.2, -0.15) is 0 Å². The molecule has 0 aliphatic heterocycles. The van der Waals surface area contributed by atoms with E-state index in [9.17, 15) is 0 Å². The highest BCUT2D eigenvalue weighted by molar-refractivity contribution is 9.11. The van der Waals surface area contributed by atoms with Crippen molar-refractivity contribution in [2.75, 3.05) is 5.73 Å². The third-order valence-corrected chi connectivity index (χ3v) is 3.91. The lowest BCUT2D eigenvalue weighted by Gasteiger charge is -1.94. The molecule has 0 aliphatic carbocycles. The van der Waals surface area contributed by atoms with Gasteiger partial charge in [-0.25, -0.2) is 0 Å². The van der Waals surface area contributed by atoms with Crippen LogP contribution >= 0.6 is 43.2 Å². The third-order valence-electron chi connectivity index (χ3n) is 1.55. The van der Waals surface area contributed by atoms with Crippen molar-refractivity contribution in [1.82, 2.24) is 0 Å². The van der Waals surface area contributed by atoms with Crippen LogP contribution in [0.4, 0.5) is 5.00 Å². The molecule has 2 rings (SSSR count). The molecule has 2 N–H and O–H groups in total. The van der Waals surface area contributed by atoms with E-state index >= 15 is 0 Å². The summed E-state index contributed by atoms with van der Waals surface area (Å²) in [6.45, 7) is 0. The van der Waals surface area contributed by atoms with Crippen LogP contribution < -0.4 is 5.73 Å². The summed E-state index contributed by atoms with van der Waals surface area (Å²) in [5.74, 6) is 0. The molecular formula is C8H5Br2NS. The first-order valence-electron chi connectivity index (χ1n) is 3.31. The average molecular weight is 307 g/mol. The van der Waals surface area contributed by atoms with Gasteiger partial charge in [-0.15, -0.1) is 11.3 Å². The number of thiophene rings is 1. The Labute approximate surface area is 90.8 Å². The first kappa shape index (κ1) is 8.53. The van der Waals surface area contributed by atoms with Crippen molar-refractivity contribution in [1.29, 1.82) is 0 Å². The van der Waals surface area contributed by atoms with E-state index < -0.39 is 0 Å². The minimum atomic E-state index is 0.851. The number of benzene rings is 1. The van der Waals surface area contributed by atoms with Crippen molar-refractivity contribution in [2.24, 2.45) is 0 Å². The second-order valence-electron chi connectivity index (χ2n) is 2.45. The second-order valence-corrected chi connectivity index (χ2v) is 5.31. The van der Waals surface area contributed by atoms with Gasteiger partial charge in [-0.1, -0.05) is 15.9 Å². The first-order valence-corrected chi connectivity index (χ1v) is 5.71. The lowest BCUT2D eigenvalue weighted by atomic mass is 10.3. The summed E-state index contributed by atoms with van der Waals surface area (Å²) >= 11 is 8.51. The van der Waals surface area contributed by atoms with Crippen molar-refractivity contribution >= 4 is 58.3 Å². The summed E-state index contributed by atoms with van der Waals surface area (Å²) in [6, 6.07) is 6.07. The molecule has 0 unspecified atom stereocenters. The molecule has 0 atom stereocenters. The zero-order valence-electron chi connectivity index (χ0n) is 5.97. The standard InChI is InChI=1S/C8H5Br2NS/c9-5-1-4-2-7(11)12-8(4)6(10)3-5/h1-3H,11H2. The highest BCUT2D eigenvalue weighted by atomic mass is 79.9. The summed E-state index contributed by atoms with van der Waals surface area (Å²) < 4.78 is 3.36. The Morgan fingerprint density at radius 1 is 1.17 bits per heavy atom. The van der Waals surface area contributed by atoms with Crippen LogP contribution in [0.15, 0.2) is 27.1 Å². The Kier molecular flexibility index (Phi) is 2.14. The van der Waals surface area contributed by atoms with Gasteiger partial charge >= 0.3 is 0 Å². The first-order chi connectivity index (χ1) is 5.66. The second kappa shape index (κ2) is 3.01. The summed E-state index contributed by atoms with van der Waals surface area (Å²) in [6.07, 6.45) is 0. The van der Waals surface area contributed by atoms with Gasteiger partial charge in [-0.3, -0.25) is 0 Å². The van der Waals surface area contributed by atoms with Crippen molar-refractivity contribution < 1.29 is 0 Å². The summed E-state index contributed by atoms with van der Waals surface area (Å²) in [7, 11) is 0. The largest absolute Gasteiger partial charge is 0.391 e. The third kappa shape index (κ3) is 1.39. The number of rotatable bonds is 0. The molecule has 12 heavy (non-hydrogen) atoms. The van der Waals surface area contributed by atoms with Crippen LogP contribution in [0.1, 0.15) is 0 Å². The Balaban J connectivity index is 2.88. The van der Waals surface area contributed by atoms with Gasteiger partial charge in [0.15, 0.2) is 0 Å². The summed E-state index contributed by atoms with van der Waals surface area (Å²) in [5.41, 5.74) is 5.69. The molecule has 0 fully saturated rings. The maximum atomic E-state index is 5.69. The molecule has 0 saturated carbocycles. The van der Waals surface area contributed by atoms with Crippen LogP contribution in [0, 0.1) is 0 Å². The molecule has 1 heterocycles. The molecule has 0 bridgehead atoms. The van der Waals surface area contributed by atoms with E-state index in [2.05, 4.69) is 37.9 Å². The molecule has 0 spiro atoms. The molecule has 0 saturated heterocycles. The Morgan fingerprint density at radius 2 is 1.92 bits per heavy atom. The molecule has 0 amide bonds. The summed E-state index contributed by atoms with van der Waals surface area (Å²) in [5, 5.41) is 2.03. The SMILES string of the molecule is Nc1cc2cc(Br)cc(Br)c2s1. The number of hydrogen-bond donors (Lipinski definition) is 1. The number of anilines is 1. The average Bonchev–Trinajstić information content (AvgIpc) is 2.29. The quantitative estimate of drug-likeness (QED) is 0.782. The lowest BCUT2D eigenvalue weighted by Crippen LogP contribution is -1.72. The Morgan fingerprint density at radius 3 is 2.67 bits per heavy atom. The molecule has 1 nitrogen and oxygen atoms in total. The van der Waals surface area contributed by atoms with E-state index in [1.807, 2.05) is 12.1 Å². The van der Waals surface area contributed by atoms with Crippen molar-refractivity contribution in [3.8, 4) is 0 Å². The number of hydrogen-bond acceptors (Lipinski definition) is 2. The zero-order chi connectivity index (χ0) is 8.72. The fraction of sp³-hybridized carbons (Fsp3) is 0. The van der Waals surface area contributed by atoms with Gasteiger partial charge in [-0.05, 0) is 39.5 Å². The van der Waals surface area contributed by atoms with Crippen LogP contribution in [-0.2, 0) is 0 Å². The van der Waals surface area contributed by atoms with Gasteiger partial charge in [0.25, 0.3) is 0 Å². The topological polar surface area (TPSA) is 26.0 Å². The number of halogens is 2. The van der Waals surface area contributed by atoms with Crippen molar-refractivity contribution in [3.05, 3.63) is 27.1 Å². The normalized spacial score (nSPS) is 10.8. The van der Waals surface area contributed by atoms with Crippen LogP contribution in [0.2, 0.25) is 0 Å². The van der Waals surface area contributed by atoms with Crippen LogP contribution in [0.25, 0.3) is 10.1 Å². The van der Waals surface area contributed by atoms with E-state index in [0.717, 1.165) is 13.9 Å². The number of fused-ring (bicyclic) bond motifs is 1. The van der Waals surface area contributed by atoms with Crippen molar-refractivity contribution in [2.45, 2.75) is 0 Å². The maximum absolute atomic E-state index is 5.69. The number of nitrogens with two attached hydrogens (primary N) is 1. The van der Waals surface area contributed by atoms with Crippen LogP contribution in [0.3, 0.4) is 0 Å². The van der Waals surface area contributed by atoms with Gasteiger partial charge in [0.1, 0.15) is 0 Å². The van der Waals surface area contributed by atoms with Crippen LogP contribution in [-0.4, -0.2) is 0 Å². The molecule has 0 aliphatic rings.